The van der Waals surface area contributed by atoms with Crippen LogP contribution in [0.1, 0.15) is 53.3 Å². The summed E-state index contributed by atoms with van der Waals surface area (Å²) >= 11 is 0. The fourth-order valence-corrected chi connectivity index (χ4v) is 4.74. The molecule has 2 heterocycles. The molecule has 226 valence electrons. The summed E-state index contributed by atoms with van der Waals surface area (Å²) in [4.78, 5) is 39.3. The van der Waals surface area contributed by atoms with Gasteiger partial charge >= 0.3 is 24.1 Å². The largest absolute Gasteiger partial charge is 0.478 e. The SMILES string of the molecule is Cc1c(C(=O)O)cccc1C(=O)O.Cc1ccc(C(F)(F)F)cc1Cn1cnc2c(C(=O)O)cc(N3CCOCC3)cc21. The van der Waals surface area contributed by atoms with E-state index in [0.29, 0.717) is 48.5 Å². The van der Waals surface area contributed by atoms with Crippen LogP contribution in [0.25, 0.3) is 11.0 Å². The van der Waals surface area contributed by atoms with Crippen LogP contribution in [0.4, 0.5) is 18.9 Å². The molecule has 3 aromatic carbocycles. The third-order valence-corrected chi connectivity index (χ3v) is 7.13. The molecule has 0 bridgehead atoms. The number of alkyl halides is 3. The Morgan fingerprint density at radius 3 is 2.05 bits per heavy atom. The minimum absolute atomic E-state index is 0.0277. The van der Waals surface area contributed by atoms with Crippen LogP contribution in [0.5, 0.6) is 0 Å². The molecular formula is C30H28F3N3O7. The normalized spacial score (nSPS) is 13.4. The summed E-state index contributed by atoms with van der Waals surface area (Å²) in [7, 11) is 0. The molecule has 43 heavy (non-hydrogen) atoms. The second-order valence-corrected chi connectivity index (χ2v) is 9.87. The van der Waals surface area contributed by atoms with E-state index in [1.165, 1.54) is 37.5 Å². The molecule has 1 saturated heterocycles. The zero-order chi connectivity index (χ0) is 31.5. The molecule has 0 spiro atoms. The van der Waals surface area contributed by atoms with Gasteiger partial charge in [-0.2, -0.15) is 13.2 Å². The number of benzene rings is 3. The highest BCUT2D eigenvalue weighted by atomic mass is 19.4. The number of carboxylic acids is 3. The van der Waals surface area contributed by atoms with Gasteiger partial charge < -0.3 is 29.5 Å². The maximum atomic E-state index is 13.1. The first-order valence-electron chi connectivity index (χ1n) is 13.1. The van der Waals surface area contributed by atoms with Gasteiger partial charge in [0, 0.05) is 25.3 Å². The highest BCUT2D eigenvalue weighted by Gasteiger charge is 2.31. The summed E-state index contributed by atoms with van der Waals surface area (Å²) in [6.07, 6.45) is -2.96. The summed E-state index contributed by atoms with van der Waals surface area (Å²) < 4.78 is 46.4. The van der Waals surface area contributed by atoms with Crippen molar-refractivity contribution in [2.45, 2.75) is 26.6 Å². The Hall–Kier alpha value is -4.91. The Labute approximate surface area is 243 Å². The number of fused-ring (bicyclic) bond motifs is 1. The number of rotatable bonds is 6. The molecule has 3 N–H and O–H groups in total. The number of morpholine rings is 1. The number of aryl methyl sites for hydroxylation is 1. The van der Waals surface area contributed by atoms with Gasteiger partial charge in [-0.3, -0.25) is 0 Å². The van der Waals surface area contributed by atoms with E-state index in [1.807, 2.05) is 11.0 Å². The molecule has 1 aliphatic heterocycles. The molecular weight excluding hydrogens is 571 g/mol. The van der Waals surface area contributed by atoms with Crippen LogP contribution in [0, 0.1) is 13.8 Å². The van der Waals surface area contributed by atoms with Gasteiger partial charge in [0.25, 0.3) is 0 Å². The lowest BCUT2D eigenvalue weighted by Gasteiger charge is -2.29. The van der Waals surface area contributed by atoms with Crippen LogP contribution in [-0.2, 0) is 17.5 Å². The van der Waals surface area contributed by atoms with Crippen molar-refractivity contribution in [3.8, 4) is 0 Å². The summed E-state index contributed by atoms with van der Waals surface area (Å²) in [5, 5.41) is 27.0. The van der Waals surface area contributed by atoms with Crippen LogP contribution >= 0.6 is 0 Å². The van der Waals surface area contributed by atoms with Crippen LogP contribution in [-0.4, -0.2) is 69.1 Å². The molecule has 0 unspecified atom stereocenters. The summed E-state index contributed by atoms with van der Waals surface area (Å²) in [5.74, 6) is -3.32. The minimum Gasteiger partial charge on any atom is -0.478 e. The first kappa shape index (κ1) is 31.0. The minimum atomic E-state index is -4.43. The van der Waals surface area contributed by atoms with Gasteiger partial charge in [0.1, 0.15) is 5.52 Å². The van der Waals surface area contributed by atoms with Gasteiger partial charge in [-0.1, -0.05) is 12.1 Å². The molecule has 0 radical (unpaired) electrons. The van der Waals surface area contributed by atoms with Gasteiger partial charge in [0.15, 0.2) is 0 Å². The zero-order valence-corrected chi connectivity index (χ0v) is 23.2. The first-order valence-corrected chi connectivity index (χ1v) is 13.1. The Kier molecular flexibility index (Phi) is 9.04. The van der Waals surface area contributed by atoms with Crippen LogP contribution in [0.15, 0.2) is 54.9 Å². The lowest BCUT2D eigenvalue weighted by atomic mass is 10.0. The predicted molar refractivity (Wildman–Crippen MR) is 150 cm³/mol. The lowest BCUT2D eigenvalue weighted by molar-refractivity contribution is -0.137. The third kappa shape index (κ3) is 6.95. The van der Waals surface area contributed by atoms with Crippen molar-refractivity contribution in [3.05, 3.63) is 93.8 Å². The quantitative estimate of drug-likeness (QED) is 0.268. The molecule has 1 aliphatic rings. The number of carbonyl (C=O) groups is 3. The molecule has 13 heteroatoms. The second-order valence-electron chi connectivity index (χ2n) is 9.87. The topological polar surface area (TPSA) is 142 Å². The Morgan fingerprint density at radius 1 is 0.884 bits per heavy atom. The van der Waals surface area contributed by atoms with E-state index in [4.69, 9.17) is 14.9 Å². The number of anilines is 1. The Bertz CT molecular complexity index is 1660. The number of ether oxygens (including phenoxy) is 1. The van der Waals surface area contributed by atoms with Crippen LogP contribution in [0.2, 0.25) is 0 Å². The number of hydrogen-bond acceptors (Lipinski definition) is 6. The number of hydrogen-bond donors (Lipinski definition) is 3. The van der Waals surface area contributed by atoms with E-state index < -0.39 is 29.6 Å². The molecule has 0 aliphatic carbocycles. The fraction of sp³-hybridized carbons (Fsp3) is 0.267. The maximum absolute atomic E-state index is 13.1. The van der Waals surface area contributed by atoms with Gasteiger partial charge in [-0.25, -0.2) is 19.4 Å². The summed E-state index contributed by atoms with van der Waals surface area (Å²) in [5.41, 5.74) is 2.50. The van der Waals surface area contributed by atoms with Crippen molar-refractivity contribution in [1.82, 2.24) is 9.55 Å². The molecule has 1 aromatic heterocycles. The average Bonchev–Trinajstić information content (AvgIpc) is 3.36. The number of imidazole rings is 1. The van der Waals surface area contributed by atoms with E-state index in [-0.39, 0.29) is 28.8 Å². The number of carboxylic acid groups (broad SMARTS) is 3. The molecule has 1 fully saturated rings. The van der Waals surface area contributed by atoms with Crippen molar-refractivity contribution in [2.24, 2.45) is 0 Å². The van der Waals surface area contributed by atoms with E-state index in [2.05, 4.69) is 4.98 Å². The van der Waals surface area contributed by atoms with E-state index in [0.717, 1.165) is 17.8 Å². The molecule has 10 nitrogen and oxygen atoms in total. The smallest absolute Gasteiger partial charge is 0.416 e. The lowest BCUT2D eigenvalue weighted by Crippen LogP contribution is -2.36. The highest BCUT2D eigenvalue weighted by molar-refractivity contribution is 6.03. The maximum Gasteiger partial charge on any atom is 0.416 e. The third-order valence-electron chi connectivity index (χ3n) is 7.13. The van der Waals surface area contributed by atoms with E-state index in [9.17, 15) is 32.7 Å². The number of aromatic nitrogens is 2. The van der Waals surface area contributed by atoms with Crippen LogP contribution < -0.4 is 4.90 Å². The molecule has 0 saturated carbocycles. The van der Waals surface area contributed by atoms with Gasteiger partial charge in [-0.15, -0.1) is 0 Å². The Morgan fingerprint density at radius 2 is 1.49 bits per heavy atom. The van der Waals surface area contributed by atoms with E-state index >= 15 is 0 Å². The van der Waals surface area contributed by atoms with Crippen molar-refractivity contribution in [2.75, 3.05) is 31.2 Å². The van der Waals surface area contributed by atoms with Crippen molar-refractivity contribution in [3.63, 3.8) is 0 Å². The number of aromatic carboxylic acids is 3. The zero-order valence-electron chi connectivity index (χ0n) is 23.2. The first-order chi connectivity index (χ1) is 20.3. The van der Waals surface area contributed by atoms with Gasteiger partial charge in [0.05, 0.1) is 47.3 Å². The van der Waals surface area contributed by atoms with Gasteiger partial charge in [0.2, 0.25) is 0 Å². The fourth-order valence-electron chi connectivity index (χ4n) is 4.74. The Balaban J connectivity index is 0.000000273. The van der Waals surface area contributed by atoms with Crippen molar-refractivity contribution >= 4 is 34.6 Å². The highest BCUT2D eigenvalue weighted by Crippen LogP contribution is 2.32. The average molecular weight is 600 g/mol. The predicted octanol–water partition coefficient (Wildman–Crippen LogP) is 5.34. The molecule has 0 amide bonds. The molecule has 4 aromatic rings. The standard InChI is InChI=1S/C21H20F3N3O3.C9H8O4/c1-13-2-3-15(21(22,23)24)8-14(13)11-27-12-25-19-17(20(28)29)9-16(10-18(19)27)26-4-6-30-7-5-26;1-5-6(8(10)11)3-2-4-7(5)9(12)13/h2-3,8-10,12H,4-7,11H2,1H3,(H,28,29);2-4H,1H3,(H,10,11)(H,12,13). The summed E-state index contributed by atoms with van der Waals surface area (Å²) in [6.45, 7) is 5.73. The number of nitrogens with zero attached hydrogens (tertiary/aromatic N) is 3. The summed E-state index contributed by atoms with van der Waals surface area (Å²) in [6, 6.07) is 11.2. The van der Waals surface area contributed by atoms with Crippen molar-refractivity contribution < 1.29 is 47.6 Å². The number of halogens is 3. The van der Waals surface area contributed by atoms with Crippen molar-refractivity contribution in [1.29, 1.82) is 0 Å². The van der Waals surface area contributed by atoms with Crippen LogP contribution in [0.3, 0.4) is 0 Å². The van der Waals surface area contributed by atoms with Gasteiger partial charge in [-0.05, 0) is 66.9 Å². The molecule has 0 atom stereocenters. The second kappa shape index (κ2) is 12.5. The molecule has 5 rings (SSSR count). The van der Waals surface area contributed by atoms with E-state index in [1.54, 1.807) is 17.6 Å². The monoisotopic (exact) mass is 599 g/mol.